The second-order valence-corrected chi connectivity index (χ2v) is 7.68. The average Bonchev–Trinajstić information content (AvgIpc) is 3.37. The molecule has 0 unspecified atom stereocenters. The van der Waals surface area contributed by atoms with Gasteiger partial charge in [0.2, 0.25) is 0 Å². The van der Waals surface area contributed by atoms with Crippen molar-refractivity contribution in [3.8, 4) is 0 Å². The molecule has 4 rings (SSSR count). The standard InChI is InChI=1S/C21H27N5O3/c1-14-12-17(15(2)25(14)10-11-29-4)20(27)24-9-7-16(13-24)26-19-18(6-5-8-22-19)23(3)21(26)28/h5-6,8,12,16H,7,9-11,13H2,1-4H3/t16-/m1/s1. The summed E-state index contributed by atoms with van der Waals surface area (Å²) in [5, 5.41) is 0. The number of hydrogen-bond donors (Lipinski definition) is 0. The van der Waals surface area contributed by atoms with Crippen molar-refractivity contribution in [1.82, 2.24) is 23.6 Å². The third-order valence-electron chi connectivity index (χ3n) is 5.99. The highest BCUT2D eigenvalue weighted by molar-refractivity contribution is 5.96. The van der Waals surface area contributed by atoms with Gasteiger partial charge in [-0.15, -0.1) is 0 Å². The fourth-order valence-electron chi connectivity index (χ4n) is 4.37. The second-order valence-electron chi connectivity index (χ2n) is 7.68. The molecule has 1 fully saturated rings. The Kier molecular flexibility index (Phi) is 5.04. The van der Waals surface area contributed by atoms with E-state index in [1.807, 2.05) is 36.9 Å². The second kappa shape index (κ2) is 7.51. The van der Waals surface area contributed by atoms with Gasteiger partial charge in [-0.2, -0.15) is 0 Å². The van der Waals surface area contributed by atoms with Crippen molar-refractivity contribution in [2.75, 3.05) is 26.8 Å². The number of likely N-dealkylation sites (tertiary alicyclic amines) is 1. The zero-order chi connectivity index (χ0) is 20.7. The highest BCUT2D eigenvalue weighted by atomic mass is 16.5. The van der Waals surface area contributed by atoms with Gasteiger partial charge in [-0.05, 0) is 38.5 Å². The van der Waals surface area contributed by atoms with Crippen molar-refractivity contribution in [3.05, 3.63) is 51.8 Å². The Morgan fingerprint density at radius 1 is 1.34 bits per heavy atom. The van der Waals surface area contributed by atoms with Crippen molar-refractivity contribution in [2.24, 2.45) is 7.05 Å². The van der Waals surface area contributed by atoms with E-state index in [9.17, 15) is 9.59 Å². The molecule has 1 atom stereocenters. The van der Waals surface area contributed by atoms with Crippen LogP contribution in [0.3, 0.4) is 0 Å². The summed E-state index contributed by atoms with van der Waals surface area (Å²) in [5.41, 5.74) is 4.13. The molecule has 8 nitrogen and oxygen atoms in total. The van der Waals surface area contributed by atoms with Crippen LogP contribution in [0.4, 0.5) is 0 Å². The van der Waals surface area contributed by atoms with Gasteiger partial charge in [0.25, 0.3) is 5.91 Å². The van der Waals surface area contributed by atoms with Crippen LogP contribution < -0.4 is 5.69 Å². The molecule has 0 spiro atoms. The van der Waals surface area contributed by atoms with Crippen molar-refractivity contribution in [2.45, 2.75) is 32.9 Å². The molecule has 0 N–H and O–H groups in total. The molecular formula is C21H27N5O3. The summed E-state index contributed by atoms with van der Waals surface area (Å²) in [5.74, 6) is 0.0190. The van der Waals surface area contributed by atoms with Gasteiger partial charge in [-0.1, -0.05) is 0 Å². The van der Waals surface area contributed by atoms with E-state index in [0.717, 1.165) is 35.4 Å². The summed E-state index contributed by atoms with van der Waals surface area (Å²) in [6.07, 6.45) is 2.44. The molecule has 1 amide bonds. The molecule has 0 bridgehead atoms. The number of amides is 1. The van der Waals surface area contributed by atoms with Gasteiger partial charge in [0.1, 0.15) is 0 Å². The van der Waals surface area contributed by atoms with E-state index in [4.69, 9.17) is 4.74 Å². The highest BCUT2D eigenvalue weighted by Gasteiger charge is 2.32. The fourth-order valence-corrected chi connectivity index (χ4v) is 4.37. The maximum absolute atomic E-state index is 13.2. The van der Waals surface area contributed by atoms with Gasteiger partial charge < -0.3 is 14.2 Å². The van der Waals surface area contributed by atoms with Crippen molar-refractivity contribution < 1.29 is 9.53 Å². The topological polar surface area (TPSA) is 74.3 Å². The molecule has 1 aliphatic heterocycles. The molecule has 0 aliphatic carbocycles. The van der Waals surface area contributed by atoms with E-state index in [-0.39, 0.29) is 17.6 Å². The zero-order valence-electron chi connectivity index (χ0n) is 17.4. The lowest BCUT2D eigenvalue weighted by Gasteiger charge is -2.17. The van der Waals surface area contributed by atoms with Crippen LogP contribution in [0.5, 0.6) is 0 Å². The molecule has 3 aromatic rings. The quantitative estimate of drug-likeness (QED) is 0.659. The Labute approximate surface area is 169 Å². The zero-order valence-corrected chi connectivity index (χ0v) is 17.4. The fraction of sp³-hybridized carbons (Fsp3) is 0.476. The van der Waals surface area contributed by atoms with E-state index < -0.39 is 0 Å². The largest absolute Gasteiger partial charge is 0.383 e. The van der Waals surface area contributed by atoms with Gasteiger partial charge in [0, 0.05) is 51.4 Å². The van der Waals surface area contributed by atoms with Crippen LogP contribution in [0.15, 0.2) is 29.2 Å². The first-order chi connectivity index (χ1) is 13.9. The summed E-state index contributed by atoms with van der Waals surface area (Å²) in [6.45, 7) is 6.45. The smallest absolute Gasteiger partial charge is 0.330 e. The van der Waals surface area contributed by atoms with Gasteiger partial charge in [-0.3, -0.25) is 13.9 Å². The van der Waals surface area contributed by atoms with Crippen molar-refractivity contribution in [3.63, 3.8) is 0 Å². The normalized spacial score (nSPS) is 16.8. The molecule has 1 aliphatic rings. The number of rotatable bonds is 5. The van der Waals surface area contributed by atoms with E-state index >= 15 is 0 Å². The minimum absolute atomic E-state index is 0.0190. The molecule has 0 aromatic carbocycles. The third-order valence-corrected chi connectivity index (χ3v) is 5.99. The Balaban J connectivity index is 1.59. The SMILES string of the molecule is COCCn1c(C)cc(C(=O)N2CC[C@@H](n3c(=O)n(C)c4cccnc43)C2)c1C. The Morgan fingerprint density at radius 2 is 2.14 bits per heavy atom. The Morgan fingerprint density at radius 3 is 2.90 bits per heavy atom. The minimum Gasteiger partial charge on any atom is -0.383 e. The van der Waals surface area contributed by atoms with E-state index in [1.54, 1.807) is 29.5 Å². The number of fused-ring (bicyclic) bond motifs is 1. The molecule has 4 heterocycles. The number of pyridine rings is 1. The minimum atomic E-state index is -0.0873. The van der Waals surface area contributed by atoms with E-state index in [2.05, 4.69) is 9.55 Å². The molecule has 154 valence electrons. The van der Waals surface area contributed by atoms with Crippen LogP contribution in [-0.4, -0.2) is 56.3 Å². The maximum Gasteiger partial charge on any atom is 0.330 e. The molecule has 8 heteroatoms. The van der Waals surface area contributed by atoms with Gasteiger partial charge in [0.15, 0.2) is 5.65 Å². The molecule has 29 heavy (non-hydrogen) atoms. The van der Waals surface area contributed by atoms with Crippen LogP contribution >= 0.6 is 0 Å². The van der Waals surface area contributed by atoms with E-state index in [0.29, 0.717) is 25.3 Å². The summed E-state index contributed by atoms with van der Waals surface area (Å²) in [7, 11) is 3.43. The maximum atomic E-state index is 13.2. The number of nitrogens with zero attached hydrogens (tertiary/aromatic N) is 5. The lowest BCUT2D eigenvalue weighted by Crippen LogP contribution is -2.32. The highest BCUT2D eigenvalue weighted by Crippen LogP contribution is 2.26. The van der Waals surface area contributed by atoms with Crippen LogP contribution in [0.1, 0.15) is 34.2 Å². The third kappa shape index (κ3) is 3.17. The van der Waals surface area contributed by atoms with Crippen molar-refractivity contribution >= 4 is 17.1 Å². The number of aryl methyl sites for hydroxylation is 2. The van der Waals surface area contributed by atoms with Gasteiger partial charge in [-0.25, -0.2) is 9.78 Å². The molecule has 0 saturated carbocycles. The predicted octanol–water partition coefficient (Wildman–Crippen LogP) is 1.89. The summed E-state index contributed by atoms with van der Waals surface area (Å²) in [6, 6.07) is 5.61. The monoisotopic (exact) mass is 397 g/mol. The number of hydrogen-bond acceptors (Lipinski definition) is 4. The number of carbonyl (C=O) groups excluding carboxylic acids is 1. The molecular weight excluding hydrogens is 370 g/mol. The first kappa shape index (κ1) is 19.4. The Bertz CT molecular complexity index is 1120. The van der Waals surface area contributed by atoms with Crippen LogP contribution in [0.25, 0.3) is 11.2 Å². The lowest BCUT2D eigenvalue weighted by molar-refractivity contribution is 0.0786. The predicted molar refractivity (Wildman–Crippen MR) is 110 cm³/mol. The first-order valence-corrected chi connectivity index (χ1v) is 9.91. The molecule has 1 saturated heterocycles. The average molecular weight is 397 g/mol. The summed E-state index contributed by atoms with van der Waals surface area (Å²) >= 11 is 0. The first-order valence-electron chi connectivity index (χ1n) is 9.91. The lowest BCUT2D eigenvalue weighted by atomic mass is 10.2. The molecule has 3 aromatic heterocycles. The van der Waals surface area contributed by atoms with E-state index in [1.165, 1.54) is 0 Å². The van der Waals surface area contributed by atoms with Crippen LogP contribution in [0, 0.1) is 13.8 Å². The summed E-state index contributed by atoms with van der Waals surface area (Å²) < 4.78 is 10.7. The van der Waals surface area contributed by atoms with Crippen LogP contribution in [0.2, 0.25) is 0 Å². The van der Waals surface area contributed by atoms with Gasteiger partial charge in [0.05, 0.1) is 23.7 Å². The number of ether oxygens (including phenoxy) is 1. The number of carbonyl (C=O) groups is 1. The van der Waals surface area contributed by atoms with Crippen molar-refractivity contribution in [1.29, 1.82) is 0 Å². The van der Waals surface area contributed by atoms with Gasteiger partial charge >= 0.3 is 5.69 Å². The molecule has 0 radical (unpaired) electrons. The number of imidazole rings is 1. The Hall–Kier alpha value is -2.87. The summed E-state index contributed by atoms with van der Waals surface area (Å²) in [4.78, 5) is 32.3. The number of aromatic nitrogens is 4. The number of methoxy groups -OCH3 is 1. The van der Waals surface area contributed by atoms with Crippen LogP contribution in [-0.2, 0) is 18.3 Å².